The predicted molar refractivity (Wildman–Crippen MR) is 47.1 cm³/mol. The fourth-order valence-electron chi connectivity index (χ4n) is 1.04. The van der Waals surface area contributed by atoms with E-state index in [4.69, 9.17) is 9.84 Å². The summed E-state index contributed by atoms with van der Waals surface area (Å²) in [6.07, 6.45) is 2.35. The number of carboxylic acid groups (broad SMARTS) is 1. The van der Waals surface area contributed by atoms with Crippen LogP contribution in [0.4, 0.5) is 0 Å². The van der Waals surface area contributed by atoms with Gasteiger partial charge in [0.25, 0.3) is 0 Å². The third-order valence-corrected chi connectivity index (χ3v) is 1.99. The molecule has 0 aliphatic rings. The van der Waals surface area contributed by atoms with E-state index in [9.17, 15) is 4.79 Å². The topological polar surface area (TPSA) is 46.5 Å². The van der Waals surface area contributed by atoms with Crippen LogP contribution in [0.2, 0.25) is 0 Å². The molecule has 2 atom stereocenters. The average Bonchev–Trinajstić information content (AvgIpc) is 1.99. The van der Waals surface area contributed by atoms with E-state index in [0.717, 1.165) is 12.8 Å². The number of carbonyl (C=O) groups is 1. The Bertz CT molecular complexity index is 134. The van der Waals surface area contributed by atoms with Crippen LogP contribution in [-0.4, -0.2) is 24.3 Å². The zero-order valence-corrected chi connectivity index (χ0v) is 8.04. The molecule has 0 fully saturated rings. The van der Waals surface area contributed by atoms with Crippen LogP contribution in [0.15, 0.2) is 0 Å². The maximum atomic E-state index is 10.3. The van der Waals surface area contributed by atoms with Gasteiger partial charge in [-0.05, 0) is 25.7 Å². The molecule has 12 heavy (non-hydrogen) atoms. The Morgan fingerprint density at radius 3 is 2.42 bits per heavy atom. The van der Waals surface area contributed by atoms with E-state index in [0.29, 0.717) is 0 Å². The van der Waals surface area contributed by atoms with Crippen LogP contribution in [0.25, 0.3) is 0 Å². The van der Waals surface area contributed by atoms with Gasteiger partial charge in [-0.3, -0.25) is 4.79 Å². The number of carboxylic acids is 1. The Balaban J connectivity index is 3.43. The highest BCUT2D eigenvalue weighted by atomic mass is 16.5. The second-order valence-corrected chi connectivity index (χ2v) is 3.33. The first-order chi connectivity index (χ1) is 5.56. The largest absolute Gasteiger partial charge is 0.481 e. The van der Waals surface area contributed by atoms with Gasteiger partial charge in [0.2, 0.25) is 0 Å². The van der Waals surface area contributed by atoms with Crippen LogP contribution in [-0.2, 0) is 9.53 Å². The van der Waals surface area contributed by atoms with Crippen LogP contribution < -0.4 is 0 Å². The summed E-state index contributed by atoms with van der Waals surface area (Å²) in [5, 5.41) is 8.48. The number of hydrogen-bond acceptors (Lipinski definition) is 2. The normalized spacial score (nSPS) is 15.6. The van der Waals surface area contributed by atoms with Gasteiger partial charge >= 0.3 is 5.97 Å². The molecule has 0 aromatic carbocycles. The van der Waals surface area contributed by atoms with Gasteiger partial charge in [-0.15, -0.1) is 0 Å². The summed E-state index contributed by atoms with van der Waals surface area (Å²) in [5.74, 6) is -0.465. The first kappa shape index (κ1) is 11.4. The fraction of sp³-hybridized carbons (Fsp3) is 0.889. The Hall–Kier alpha value is -0.570. The highest BCUT2D eigenvalue weighted by molar-refractivity contribution is 5.66. The minimum Gasteiger partial charge on any atom is -0.481 e. The van der Waals surface area contributed by atoms with Gasteiger partial charge in [-0.25, -0.2) is 0 Å². The molecule has 3 heteroatoms. The molecule has 0 heterocycles. The van der Waals surface area contributed by atoms with Crippen molar-refractivity contribution in [3.05, 3.63) is 0 Å². The molecule has 0 aromatic rings. The van der Waals surface area contributed by atoms with E-state index >= 15 is 0 Å². The lowest BCUT2D eigenvalue weighted by Crippen LogP contribution is -2.09. The van der Waals surface area contributed by atoms with Crippen LogP contribution in [0, 0.1) is 5.92 Å². The second-order valence-electron chi connectivity index (χ2n) is 3.33. The summed E-state index contributed by atoms with van der Waals surface area (Å²) >= 11 is 0. The summed E-state index contributed by atoms with van der Waals surface area (Å²) in [5.41, 5.74) is 0. The SMILES string of the molecule is COC(C)CCC(C)CC(=O)O. The van der Waals surface area contributed by atoms with E-state index in [2.05, 4.69) is 0 Å². The number of methoxy groups -OCH3 is 1. The monoisotopic (exact) mass is 174 g/mol. The molecule has 0 aliphatic heterocycles. The molecule has 72 valence electrons. The lowest BCUT2D eigenvalue weighted by molar-refractivity contribution is -0.138. The summed E-state index contributed by atoms with van der Waals surface area (Å²) < 4.78 is 5.06. The molecule has 0 rings (SSSR count). The molecule has 0 radical (unpaired) electrons. The van der Waals surface area contributed by atoms with Crippen molar-refractivity contribution < 1.29 is 14.6 Å². The minimum atomic E-state index is -0.715. The Kier molecular flexibility index (Phi) is 5.72. The third kappa shape index (κ3) is 6.16. The fourth-order valence-corrected chi connectivity index (χ4v) is 1.04. The van der Waals surface area contributed by atoms with Crippen LogP contribution in [0.5, 0.6) is 0 Å². The first-order valence-corrected chi connectivity index (χ1v) is 4.30. The molecule has 0 amide bonds. The zero-order chi connectivity index (χ0) is 9.56. The Morgan fingerprint density at radius 2 is 2.00 bits per heavy atom. The third-order valence-electron chi connectivity index (χ3n) is 1.99. The quantitative estimate of drug-likeness (QED) is 0.669. The smallest absolute Gasteiger partial charge is 0.303 e. The van der Waals surface area contributed by atoms with E-state index in [-0.39, 0.29) is 18.4 Å². The highest BCUT2D eigenvalue weighted by Crippen LogP contribution is 2.12. The standard InChI is InChI=1S/C9H18O3/c1-7(6-9(10)11)4-5-8(2)12-3/h7-8H,4-6H2,1-3H3,(H,10,11). The van der Waals surface area contributed by atoms with Gasteiger partial charge in [-0.1, -0.05) is 6.92 Å². The van der Waals surface area contributed by atoms with Gasteiger partial charge in [0, 0.05) is 13.5 Å². The van der Waals surface area contributed by atoms with Crippen molar-refractivity contribution in [1.29, 1.82) is 0 Å². The van der Waals surface area contributed by atoms with Gasteiger partial charge < -0.3 is 9.84 Å². The van der Waals surface area contributed by atoms with Crippen molar-refractivity contribution >= 4 is 5.97 Å². The molecule has 0 saturated carbocycles. The summed E-state index contributed by atoms with van der Waals surface area (Å²) in [4.78, 5) is 10.3. The van der Waals surface area contributed by atoms with Crippen molar-refractivity contribution in [2.45, 2.75) is 39.2 Å². The van der Waals surface area contributed by atoms with Gasteiger partial charge in [0.05, 0.1) is 6.10 Å². The summed E-state index contributed by atoms with van der Waals surface area (Å²) in [7, 11) is 1.67. The highest BCUT2D eigenvalue weighted by Gasteiger charge is 2.09. The number of ether oxygens (including phenoxy) is 1. The van der Waals surface area contributed by atoms with Crippen molar-refractivity contribution in [3.8, 4) is 0 Å². The van der Waals surface area contributed by atoms with Crippen molar-refractivity contribution in [2.24, 2.45) is 5.92 Å². The maximum absolute atomic E-state index is 10.3. The minimum absolute atomic E-state index is 0.237. The second kappa shape index (κ2) is 6.00. The summed E-state index contributed by atoms with van der Waals surface area (Å²) in [6, 6.07) is 0. The average molecular weight is 174 g/mol. The van der Waals surface area contributed by atoms with E-state index in [1.807, 2.05) is 13.8 Å². The zero-order valence-electron chi connectivity index (χ0n) is 8.04. The number of rotatable bonds is 6. The molecular weight excluding hydrogens is 156 g/mol. The van der Waals surface area contributed by atoms with E-state index in [1.54, 1.807) is 7.11 Å². The van der Waals surface area contributed by atoms with Crippen LogP contribution in [0.1, 0.15) is 33.1 Å². The van der Waals surface area contributed by atoms with Gasteiger partial charge in [0.1, 0.15) is 0 Å². The number of aliphatic carboxylic acids is 1. The molecule has 0 aromatic heterocycles. The van der Waals surface area contributed by atoms with Crippen molar-refractivity contribution in [3.63, 3.8) is 0 Å². The number of hydrogen-bond donors (Lipinski definition) is 1. The Labute approximate surface area is 73.7 Å². The lowest BCUT2D eigenvalue weighted by Gasteiger charge is -2.12. The molecule has 3 nitrogen and oxygen atoms in total. The molecule has 0 aliphatic carbocycles. The molecule has 0 bridgehead atoms. The Morgan fingerprint density at radius 1 is 1.42 bits per heavy atom. The van der Waals surface area contributed by atoms with Gasteiger partial charge in [0.15, 0.2) is 0 Å². The van der Waals surface area contributed by atoms with Gasteiger partial charge in [-0.2, -0.15) is 0 Å². The van der Waals surface area contributed by atoms with Crippen LogP contribution in [0.3, 0.4) is 0 Å². The van der Waals surface area contributed by atoms with E-state index in [1.165, 1.54) is 0 Å². The molecule has 2 unspecified atom stereocenters. The van der Waals surface area contributed by atoms with Crippen LogP contribution >= 0.6 is 0 Å². The molecular formula is C9H18O3. The maximum Gasteiger partial charge on any atom is 0.303 e. The van der Waals surface area contributed by atoms with E-state index < -0.39 is 5.97 Å². The summed E-state index contributed by atoms with van der Waals surface area (Å²) in [6.45, 7) is 3.95. The predicted octanol–water partition coefficient (Wildman–Crippen LogP) is 1.91. The van der Waals surface area contributed by atoms with Crippen molar-refractivity contribution in [2.75, 3.05) is 7.11 Å². The lowest BCUT2D eigenvalue weighted by atomic mass is 10.0. The van der Waals surface area contributed by atoms with Crippen molar-refractivity contribution in [1.82, 2.24) is 0 Å². The first-order valence-electron chi connectivity index (χ1n) is 4.30. The molecule has 0 spiro atoms. The molecule has 1 N–H and O–H groups in total. The molecule has 0 saturated heterocycles.